The highest BCUT2D eigenvalue weighted by Gasteiger charge is 2.20. The monoisotopic (exact) mass is 404 g/mol. The molecule has 0 spiro atoms. The van der Waals surface area contributed by atoms with Crippen LogP contribution in [0.1, 0.15) is 15.9 Å². The van der Waals surface area contributed by atoms with Crippen LogP contribution in [-0.4, -0.2) is 30.8 Å². The highest BCUT2D eigenvalue weighted by atomic mass is 79.9. The normalized spacial score (nSPS) is 10.5. The minimum atomic E-state index is -1.03. The molecule has 0 aliphatic rings. The van der Waals surface area contributed by atoms with E-state index in [4.69, 9.17) is 5.11 Å². The number of nitrogens with zero attached hydrogens (tertiary/aromatic N) is 4. The zero-order valence-electron chi connectivity index (χ0n) is 9.66. The number of hydrogen-bond donors (Lipinski definition) is 1. The molecule has 0 bridgehead atoms. The summed E-state index contributed by atoms with van der Waals surface area (Å²) < 4.78 is 2.10. The first kappa shape index (κ1) is 14.6. The number of rotatable bonds is 4. The van der Waals surface area contributed by atoms with Crippen LogP contribution >= 0.6 is 31.9 Å². The topological polar surface area (TPSA) is 111 Å². The van der Waals surface area contributed by atoms with Crippen molar-refractivity contribution in [2.24, 2.45) is 0 Å². The highest BCUT2D eigenvalue weighted by Crippen LogP contribution is 2.21. The summed E-state index contributed by atoms with van der Waals surface area (Å²) in [6.07, 6.45) is 0. The molecule has 2 rings (SSSR count). The zero-order chi connectivity index (χ0) is 14.9. The van der Waals surface area contributed by atoms with Crippen LogP contribution < -0.4 is 0 Å². The maximum atomic E-state index is 10.8. The van der Waals surface area contributed by atoms with Crippen molar-refractivity contribution in [1.29, 1.82) is 0 Å². The molecule has 0 radical (unpaired) electrons. The minimum Gasteiger partial charge on any atom is -0.478 e. The molecule has 1 heterocycles. The van der Waals surface area contributed by atoms with E-state index in [2.05, 4.69) is 41.9 Å². The number of carboxylic acids is 1. The molecule has 0 aliphatic heterocycles. The fraction of sp³-hybridized carbons (Fsp3) is 0.100. The summed E-state index contributed by atoms with van der Waals surface area (Å²) in [5.41, 5.74) is 0.861. The van der Waals surface area contributed by atoms with Crippen molar-refractivity contribution in [2.45, 2.75) is 6.54 Å². The summed E-state index contributed by atoms with van der Waals surface area (Å²) in [6.45, 7) is 0.210. The molecule has 0 saturated carbocycles. The summed E-state index contributed by atoms with van der Waals surface area (Å²) in [6, 6.07) is 4.51. The first-order chi connectivity index (χ1) is 9.38. The van der Waals surface area contributed by atoms with Crippen LogP contribution in [0.5, 0.6) is 0 Å². The van der Waals surface area contributed by atoms with E-state index in [9.17, 15) is 14.9 Å². The molecule has 0 saturated heterocycles. The highest BCUT2D eigenvalue weighted by molar-refractivity contribution is 9.10. The van der Waals surface area contributed by atoms with E-state index in [0.29, 0.717) is 4.47 Å². The lowest BCUT2D eigenvalue weighted by Gasteiger charge is -2.04. The molecule has 1 aromatic carbocycles. The SMILES string of the molecule is O=C(O)c1ccc(Cn2nc([N+](=O)[O-])nc2Br)c(Br)c1. The third kappa shape index (κ3) is 3.02. The standard InChI is InChI=1S/C10H6Br2N4O4/c11-7-3-5(8(17)18)1-2-6(7)4-15-9(12)13-10(14-15)16(19)20/h1-3H,4H2,(H,17,18). The summed E-state index contributed by atoms with van der Waals surface area (Å²) in [5, 5.41) is 23.2. The van der Waals surface area contributed by atoms with Gasteiger partial charge < -0.3 is 15.2 Å². The first-order valence-corrected chi connectivity index (χ1v) is 6.73. The molecule has 8 nitrogen and oxygen atoms in total. The molecular weight excluding hydrogens is 400 g/mol. The summed E-state index contributed by atoms with van der Waals surface area (Å²) in [5.74, 6) is -1.54. The van der Waals surface area contributed by atoms with Gasteiger partial charge in [-0.1, -0.05) is 22.0 Å². The van der Waals surface area contributed by atoms with E-state index in [0.717, 1.165) is 5.56 Å². The second kappa shape index (κ2) is 5.67. The van der Waals surface area contributed by atoms with Gasteiger partial charge in [0.05, 0.1) is 12.1 Å². The van der Waals surface area contributed by atoms with Crippen molar-refractivity contribution >= 4 is 43.8 Å². The lowest BCUT2D eigenvalue weighted by Crippen LogP contribution is -2.05. The number of carbonyl (C=O) groups is 1. The van der Waals surface area contributed by atoms with Gasteiger partial charge in [0.25, 0.3) is 4.73 Å². The lowest BCUT2D eigenvalue weighted by atomic mass is 10.1. The molecule has 1 aromatic heterocycles. The Labute approximate surface area is 128 Å². The third-order valence-electron chi connectivity index (χ3n) is 2.40. The average molecular weight is 406 g/mol. The maximum Gasteiger partial charge on any atom is 0.492 e. The number of hydrogen-bond acceptors (Lipinski definition) is 5. The van der Waals surface area contributed by atoms with Gasteiger partial charge in [-0.3, -0.25) is 0 Å². The number of aromatic nitrogens is 3. The molecule has 104 valence electrons. The summed E-state index contributed by atoms with van der Waals surface area (Å²) in [4.78, 5) is 24.4. The fourth-order valence-corrected chi connectivity index (χ4v) is 2.33. The Balaban J connectivity index is 2.30. The van der Waals surface area contributed by atoms with Crippen molar-refractivity contribution in [3.63, 3.8) is 0 Å². The van der Waals surface area contributed by atoms with Crippen LogP contribution in [0.3, 0.4) is 0 Å². The van der Waals surface area contributed by atoms with E-state index >= 15 is 0 Å². The van der Waals surface area contributed by atoms with Crippen molar-refractivity contribution in [2.75, 3.05) is 0 Å². The average Bonchev–Trinajstić information content (AvgIpc) is 2.73. The third-order valence-corrected chi connectivity index (χ3v) is 3.72. The number of benzene rings is 1. The minimum absolute atomic E-state index is 0.143. The van der Waals surface area contributed by atoms with Gasteiger partial charge in [0.15, 0.2) is 0 Å². The van der Waals surface area contributed by atoms with Gasteiger partial charge >= 0.3 is 11.9 Å². The van der Waals surface area contributed by atoms with E-state index < -0.39 is 16.8 Å². The molecule has 1 N–H and O–H groups in total. The number of aromatic carboxylic acids is 1. The first-order valence-electron chi connectivity index (χ1n) is 5.15. The Morgan fingerprint density at radius 1 is 1.45 bits per heavy atom. The Kier molecular flexibility index (Phi) is 4.14. The smallest absolute Gasteiger partial charge is 0.478 e. The largest absolute Gasteiger partial charge is 0.492 e. The van der Waals surface area contributed by atoms with Gasteiger partial charge in [-0.15, -0.1) is 0 Å². The van der Waals surface area contributed by atoms with Crippen molar-refractivity contribution < 1.29 is 14.8 Å². The summed E-state index contributed by atoms with van der Waals surface area (Å²) in [7, 11) is 0. The van der Waals surface area contributed by atoms with Gasteiger partial charge in [-0.05, 0) is 27.6 Å². The van der Waals surface area contributed by atoms with Crippen molar-refractivity contribution in [3.8, 4) is 0 Å². The fourth-order valence-electron chi connectivity index (χ4n) is 1.46. The molecule has 20 heavy (non-hydrogen) atoms. The predicted molar refractivity (Wildman–Crippen MR) is 74.6 cm³/mol. The van der Waals surface area contributed by atoms with Crippen LogP contribution in [0.15, 0.2) is 27.4 Å². The number of halogens is 2. The van der Waals surface area contributed by atoms with Gasteiger partial charge in [-0.2, -0.15) is 4.68 Å². The Morgan fingerprint density at radius 3 is 2.65 bits per heavy atom. The van der Waals surface area contributed by atoms with E-state index in [1.165, 1.54) is 16.8 Å². The second-order valence-electron chi connectivity index (χ2n) is 3.71. The van der Waals surface area contributed by atoms with Crippen LogP contribution in [-0.2, 0) is 6.54 Å². The van der Waals surface area contributed by atoms with Crippen LogP contribution in [0.4, 0.5) is 5.95 Å². The van der Waals surface area contributed by atoms with E-state index in [1.54, 1.807) is 6.07 Å². The van der Waals surface area contributed by atoms with Crippen LogP contribution in [0, 0.1) is 10.1 Å². The van der Waals surface area contributed by atoms with Gasteiger partial charge in [0.1, 0.15) is 0 Å². The van der Waals surface area contributed by atoms with Gasteiger partial charge in [-0.25, -0.2) is 4.79 Å². The van der Waals surface area contributed by atoms with Crippen LogP contribution in [0.25, 0.3) is 0 Å². The Hall–Kier alpha value is -1.81. The molecule has 0 fully saturated rings. The quantitative estimate of drug-likeness (QED) is 0.617. The zero-order valence-corrected chi connectivity index (χ0v) is 12.8. The van der Waals surface area contributed by atoms with Crippen molar-refractivity contribution in [3.05, 3.63) is 48.6 Å². The Bertz CT molecular complexity index is 701. The van der Waals surface area contributed by atoms with Gasteiger partial charge in [0.2, 0.25) is 0 Å². The lowest BCUT2D eigenvalue weighted by molar-refractivity contribution is -0.394. The van der Waals surface area contributed by atoms with Crippen molar-refractivity contribution in [1.82, 2.24) is 14.8 Å². The van der Waals surface area contributed by atoms with Crippen LogP contribution in [0.2, 0.25) is 0 Å². The molecule has 0 atom stereocenters. The summed E-state index contributed by atoms with van der Waals surface area (Å²) >= 11 is 6.34. The number of nitro groups is 1. The molecular formula is C10H6Br2N4O4. The maximum absolute atomic E-state index is 10.8. The van der Waals surface area contributed by atoms with E-state index in [-0.39, 0.29) is 16.8 Å². The molecule has 10 heteroatoms. The van der Waals surface area contributed by atoms with E-state index in [1.807, 2.05) is 0 Å². The molecule has 0 amide bonds. The Morgan fingerprint density at radius 2 is 2.15 bits per heavy atom. The molecule has 0 unspecified atom stereocenters. The molecule has 2 aromatic rings. The molecule has 0 aliphatic carbocycles. The second-order valence-corrected chi connectivity index (χ2v) is 5.27. The predicted octanol–water partition coefficient (Wildman–Crippen LogP) is 2.46. The number of carboxylic acid groups (broad SMARTS) is 1. The van der Waals surface area contributed by atoms with Gasteiger partial charge in [0, 0.05) is 25.5 Å².